The van der Waals surface area contributed by atoms with Crippen molar-refractivity contribution in [3.63, 3.8) is 0 Å². The molecule has 1 saturated carbocycles. The van der Waals surface area contributed by atoms with E-state index in [2.05, 4.69) is 21.3 Å². The Morgan fingerprint density at radius 1 is 0.964 bits per heavy atom. The van der Waals surface area contributed by atoms with Crippen LogP contribution < -0.4 is 15.0 Å². The van der Waals surface area contributed by atoms with Crippen LogP contribution in [0.5, 0.6) is 5.75 Å². The molecule has 0 atom stereocenters. The van der Waals surface area contributed by atoms with Crippen LogP contribution in [0.2, 0.25) is 0 Å². The van der Waals surface area contributed by atoms with Crippen molar-refractivity contribution in [2.45, 2.75) is 65.5 Å². The summed E-state index contributed by atoms with van der Waals surface area (Å²) >= 11 is 1.45. The van der Waals surface area contributed by atoms with Crippen LogP contribution in [-0.2, 0) is 22.5 Å². The van der Waals surface area contributed by atoms with Crippen molar-refractivity contribution >= 4 is 50.3 Å². The van der Waals surface area contributed by atoms with Crippen molar-refractivity contribution in [1.29, 1.82) is 0 Å². The lowest BCUT2D eigenvalue weighted by molar-refractivity contribution is -0.147. The number of carbonyl (C=O) groups is 3. The van der Waals surface area contributed by atoms with Gasteiger partial charge in [0.1, 0.15) is 17.2 Å². The summed E-state index contributed by atoms with van der Waals surface area (Å²) in [6.07, 6.45) is 3.88. The average molecular weight is 774 g/mol. The number of nitrogens with zero attached hydrogens (tertiary/aromatic N) is 4. The summed E-state index contributed by atoms with van der Waals surface area (Å²) in [5.41, 5.74) is 5.68. The van der Waals surface area contributed by atoms with Crippen molar-refractivity contribution in [1.82, 2.24) is 14.9 Å². The van der Waals surface area contributed by atoms with Gasteiger partial charge in [-0.3, -0.25) is 19.8 Å². The molecule has 1 spiro atoms. The van der Waals surface area contributed by atoms with E-state index in [9.17, 15) is 14.4 Å². The molecular formula is C44H47N5O6S. The Morgan fingerprint density at radius 3 is 2.52 bits per heavy atom. The summed E-state index contributed by atoms with van der Waals surface area (Å²) in [6.45, 7) is 11.1. The van der Waals surface area contributed by atoms with Gasteiger partial charge in [0.15, 0.2) is 10.8 Å². The quantitative estimate of drug-likeness (QED) is 0.127. The highest BCUT2D eigenvalue weighted by atomic mass is 32.1. The zero-order chi connectivity index (χ0) is 39.2. The van der Waals surface area contributed by atoms with Gasteiger partial charge in [0, 0.05) is 37.3 Å². The zero-order valence-corrected chi connectivity index (χ0v) is 33.1. The van der Waals surface area contributed by atoms with Gasteiger partial charge in [0.05, 0.1) is 23.4 Å². The first-order valence-corrected chi connectivity index (χ1v) is 20.1. The Kier molecular flexibility index (Phi) is 10.0. The van der Waals surface area contributed by atoms with Crippen LogP contribution in [0, 0.1) is 18.3 Å². The maximum atomic E-state index is 13.9. The van der Waals surface area contributed by atoms with Crippen LogP contribution in [0.3, 0.4) is 0 Å². The van der Waals surface area contributed by atoms with Crippen molar-refractivity contribution in [3.05, 3.63) is 101 Å². The van der Waals surface area contributed by atoms with Crippen molar-refractivity contribution in [3.8, 4) is 16.9 Å². The minimum Gasteiger partial charge on any atom is -0.493 e. The van der Waals surface area contributed by atoms with Crippen molar-refractivity contribution in [2.75, 3.05) is 43.0 Å². The number of amides is 1. The van der Waals surface area contributed by atoms with Gasteiger partial charge in [-0.25, -0.2) is 14.8 Å². The first kappa shape index (κ1) is 37.6. The van der Waals surface area contributed by atoms with E-state index in [-0.39, 0.29) is 18.1 Å². The normalized spacial score (nSPS) is 16.5. The molecular weight excluding hydrogens is 727 g/mol. The monoisotopic (exact) mass is 773 g/mol. The molecule has 11 nitrogen and oxygen atoms in total. The highest BCUT2D eigenvalue weighted by molar-refractivity contribution is 7.22. The van der Waals surface area contributed by atoms with Crippen LogP contribution in [0.25, 0.3) is 21.3 Å². The van der Waals surface area contributed by atoms with Crippen molar-refractivity contribution in [2.24, 2.45) is 11.3 Å². The third kappa shape index (κ3) is 7.85. The molecule has 3 aliphatic rings. The number of hydrogen-bond acceptors (Lipinski definition) is 10. The first-order chi connectivity index (χ1) is 26.8. The lowest BCUT2D eigenvalue weighted by Crippen LogP contribution is -2.63. The molecule has 290 valence electrons. The number of thiazole rings is 1. The number of benzene rings is 3. The van der Waals surface area contributed by atoms with Gasteiger partial charge in [-0.1, -0.05) is 47.7 Å². The molecule has 1 aliphatic carbocycles. The molecule has 56 heavy (non-hydrogen) atoms. The molecule has 0 bridgehead atoms. The summed E-state index contributed by atoms with van der Waals surface area (Å²) in [4.78, 5) is 52.3. The van der Waals surface area contributed by atoms with E-state index >= 15 is 0 Å². The van der Waals surface area contributed by atoms with Gasteiger partial charge in [0.25, 0.3) is 5.91 Å². The number of esters is 1. The van der Waals surface area contributed by atoms with Gasteiger partial charge < -0.3 is 19.5 Å². The standard InChI is InChI=1S/C44H47N5O6S/c1-27-30(10-8-13-35(27)54-20-18-28-21-44(22-28)25-48(26-44)24-38(50)51)31-15-16-37(46-39(31)41(53)55-43(2,3)4)49-19-17-29-9-7-11-32(33(29)23-49)40(52)47-42-45-34-12-5-6-14-36(34)56-42/h5-16,28H,17-26H2,1-4H3,(H,50,51)(H,45,47,52). The predicted molar refractivity (Wildman–Crippen MR) is 218 cm³/mol. The van der Waals surface area contributed by atoms with Crippen LogP contribution in [0.1, 0.15) is 77.6 Å². The Labute approximate surface area is 330 Å². The molecule has 3 aromatic carbocycles. The van der Waals surface area contributed by atoms with Gasteiger partial charge in [-0.2, -0.15) is 0 Å². The zero-order valence-electron chi connectivity index (χ0n) is 32.3. The van der Waals surface area contributed by atoms with Crippen LogP contribution in [0.15, 0.2) is 72.8 Å². The molecule has 2 aliphatic heterocycles. The van der Waals surface area contributed by atoms with E-state index in [1.54, 1.807) is 0 Å². The van der Waals surface area contributed by atoms with Crippen molar-refractivity contribution < 1.29 is 29.0 Å². The number of carbonyl (C=O) groups excluding carboxylic acids is 2. The number of likely N-dealkylation sites (tertiary alicyclic amines) is 1. The van der Waals surface area contributed by atoms with E-state index in [4.69, 9.17) is 19.6 Å². The fourth-order valence-electron chi connectivity index (χ4n) is 8.63. The summed E-state index contributed by atoms with van der Waals surface area (Å²) in [6, 6.07) is 23.4. The van der Waals surface area contributed by atoms with E-state index in [1.807, 2.05) is 99.3 Å². The minimum atomic E-state index is -0.765. The number of para-hydroxylation sites is 1. The molecule has 1 saturated heterocycles. The number of carboxylic acids is 1. The van der Waals surface area contributed by atoms with E-state index in [0.29, 0.717) is 59.5 Å². The van der Waals surface area contributed by atoms with E-state index < -0.39 is 17.5 Å². The van der Waals surface area contributed by atoms with Crippen LogP contribution >= 0.6 is 11.3 Å². The summed E-state index contributed by atoms with van der Waals surface area (Å²) in [7, 11) is 0. The number of anilines is 2. The number of rotatable bonds is 11. The summed E-state index contributed by atoms with van der Waals surface area (Å²) < 4.78 is 13.3. The smallest absolute Gasteiger partial charge is 0.358 e. The topological polar surface area (TPSA) is 134 Å². The third-order valence-corrected chi connectivity index (χ3v) is 12.1. The molecule has 2 aromatic heterocycles. The number of aliphatic carboxylic acids is 1. The highest BCUT2D eigenvalue weighted by Crippen LogP contribution is 2.53. The summed E-state index contributed by atoms with van der Waals surface area (Å²) in [5, 5.41) is 12.6. The molecule has 4 heterocycles. The Balaban J connectivity index is 0.993. The van der Waals surface area contributed by atoms with Gasteiger partial charge >= 0.3 is 11.9 Å². The highest BCUT2D eigenvalue weighted by Gasteiger charge is 2.52. The number of nitrogens with one attached hydrogen (secondary N) is 1. The SMILES string of the molecule is Cc1c(OCCC2CC3(C2)CN(CC(=O)O)C3)cccc1-c1ccc(N2CCc3cccc(C(=O)Nc4nc5ccccc5s4)c3C2)nc1C(=O)OC(C)(C)C. The second-order valence-electron chi connectivity index (χ2n) is 16.5. The Hall–Kier alpha value is -5.33. The van der Waals surface area contributed by atoms with Crippen LogP contribution in [-0.4, -0.2) is 76.2 Å². The molecule has 0 unspecified atom stereocenters. The Bertz CT molecular complexity index is 2290. The largest absolute Gasteiger partial charge is 0.493 e. The fraction of sp³-hybridized carbons (Fsp3) is 0.386. The van der Waals surface area contributed by atoms with E-state index in [1.165, 1.54) is 11.3 Å². The van der Waals surface area contributed by atoms with Gasteiger partial charge in [-0.05, 0) is 123 Å². The maximum absolute atomic E-state index is 13.9. The minimum absolute atomic E-state index is 0.125. The van der Waals surface area contributed by atoms with E-state index in [0.717, 1.165) is 70.6 Å². The second-order valence-corrected chi connectivity index (χ2v) is 17.5. The summed E-state index contributed by atoms with van der Waals surface area (Å²) in [5.74, 6) is 0.478. The molecule has 12 heteroatoms. The lowest BCUT2D eigenvalue weighted by Gasteiger charge is -2.59. The predicted octanol–water partition coefficient (Wildman–Crippen LogP) is 8.00. The number of aromatic nitrogens is 2. The Morgan fingerprint density at radius 2 is 1.75 bits per heavy atom. The number of pyridine rings is 1. The lowest BCUT2D eigenvalue weighted by atomic mass is 9.57. The first-order valence-electron chi connectivity index (χ1n) is 19.3. The number of hydrogen-bond donors (Lipinski definition) is 2. The number of fused-ring (bicyclic) bond motifs is 2. The van der Waals surface area contributed by atoms with Gasteiger partial charge in [-0.15, -0.1) is 0 Å². The molecule has 2 N–H and O–H groups in total. The van der Waals surface area contributed by atoms with Gasteiger partial charge in [0.2, 0.25) is 0 Å². The average Bonchev–Trinajstić information content (AvgIpc) is 3.54. The molecule has 1 amide bonds. The molecule has 0 radical (unpaired) electrons. The third-order valence-electron chi connectivity index (χ3n) is 11.1. The molecule has 8 rings (SSSR count). The second kappa shape index (κ2) is 15.0. The molecule has 5 aromatic rings. The number of carboxylic acid groups (broad SMARTS) is 1. The fourth-order valence-corrected chi connectivity index (χ4v) is 9.50. The van der Waals surface area contributed by atoms with Crippen LogP contribution in [0.4, 0.5) is 10.9 Å². The molecule has 2 fully saturated rings. The maximum Gasteiger partial charge on any atom is 0.358 e. The number of ether oxygens (including phenoxy) is 2.